The van der Waals surface area contributed by atoms with Gasteiger partial charge in [0.15, 0.2) is 5.13 Å². The maximum atomic E-state index is 13.0. The number of hydrogen-bond donors (Lipinski definition) is 1. The van der Waals surface area contributed by atoms with Crippen LogP contribution in [0.15, 0.2) is 46.8 Å². The first-order chi connectivity index (χ1) is 15.1. The molecule has 3 aromatic rings. The average Bonchev–Trinajstić information content (AvgIpc) is 3.24. The average molecular weight is 501 g/mol. The van der Waals surface area contributed by atoms with Crippen LogP contribution >= 0.6 is 22.9 Å². The third-order valence-electron chi connectivity index (χ3n) is 4.53. The first-order valence-electron chi connectivity index (χ1n) is 8.85. The number of alkyl halides is 3. The number of nitrogens with zero attached hydrogens (tertiary/aromatic N) is 3. The highest BCUT2D eigenvalue weighted by atomic mass is 35.5. The van der Waals surface area contributed by atoms with Crippen molar-refractivity contribution in [3.05, 3.63) is 63.9 Å². The van der Waals surface area contributed by atoms with Gasteiger partial charge in [0.1, 0.15) is 17.3 Å². The highest BCUT2D eigenvalue weighted by molar-refractivity contribution is 7.93. The lowest BCUT2D eigenvalue weighted by atomic mass is 10.1. The zero-order valence-corrected chi connectivity index (χ0v) is 18.2. The molecular weight excluding hydrogens is 489 g/mol. The van der Waals surface area contributed by atoms with Crippen LogP contribution in [0.1, 0.15) is 5.56 Å². The molecule has 0 fully saturated rings. The molecule has 0 aliphatic carbocycles. The van der Waals surface area contributed by atoms with Crippen molar-refractivity contribution < 1.29 is 26.3 Å². The lowest BCUT2D eigenvalue weighted by Gasteiger charge is -2.33. The summed E-state index contributed by atoms with van der Waals surface area (Å²) < 4.78 is 72.5. The van der Waals surface area contributed by atoms with Gasteiger partial charge in [0.25, 0.3) is 10.0 Å². The minimum atomic E-state index is -4.59. The number of thiazole rings is 1. The molecule has 2 heterocycles. The highest BCUT2D eigenvalue weighted by Gasteiger charge is 2.32. The molecule has 32 heavy (non-hydrogen) atoms. The van der Waals surface area contributed by atoms with Crippen molar-refractivity contribution in [1.29, 1.82) is 0 Å². The summed E-state index contributed by atoms with van der Waals surface area (Å²) >= 11 is 7.36. The Bertz CT molecular complexity index is 1320. The molecule has 0 unspecified atom stereocenters. The van der Waals surface area contributed by atoms with Crippen molar-refractivity contribution in [2.75, 3.05) is 22.8 Å². The highest BCUT2D eigenvalue weighted by Crippen LogP contribution is 2.45. The molecule has 0 bridgehead atoms. The van der Waals surface area contributed by atoms with Crippen molar-refractivity contribution in [3.63, 3.8) is 0 Å². The topological polar surface area (TPSA) is 75.9 Å². The minimum absolute atomic E-state index is 0.118. The van der Waals surface area contributed by atoms with Crippen LogP contribution in [0, 0.1) is 6.57 Å². The van der Waals surface area contributed by atoms with E-state index in [1.807, 2.05) is 0 Å². The van der Waals surface area contributed by atoms with Gasteiger partial charge in [0.2, 0.25) is 5.69 Å². The smallest absolute Gasteiger partial charge is 0.415 e. The fraction of sp³-hybridized carbons (Fsp3) is 0.158. The molecule has 166 valence electrons. The molecule has 1 aliphatic heterocycles. The summed E-state index contributed by atoms with van der Waals surface area (Å²) in [4.78, 5) is 8.44. The number of ether oxygens (including phenoxy) is 1. The second kappa shape index (κ2) is 8.16. The number of hydrogen-bond acceptors (Lipinski definition) is 6. The number of benzene rings is 2. The van der Waals surface area contributed by atoms with Crippen molar-refractivity contribution in [1.82, 2.24) is 4.98 Å². The summed E-state index contributed by atoms with van der Waals surface area (Å²) in [6.45, 7) is 7.66. The van der Waals surface area contributed by atoms with Crippen LogP contribution in [-0.2, 0) is 16.2 Å². The van der Waals surface area contributed by atoms with Gasteiger partial charge in [-0.2, -0.15) is 13.2 Å². The summed E-state index contributed by atoms with van der Waals surface area (Å²) in [7, 11) is -4.07. The fourth-order valence-electron chi connectivity index (χ4n) is 3.14. The first-order valence-corrected chi connectivity index (χ1v) is 11.6. The summed E-state index contributed by atoms with van der Waals surface area (Å²) in [5, 5.41) is 1.64. The number of fused-ring (bicyclic) bond motifs is 1. The van der Waals surface area contributed by atoms with E-state index >= 15 is 0 Å². The molecule has 0 atom stereocenters. The number of aromatic nitrogens is 1. The third kappa shape index (κ3) is 4.19. The van der Waals surface area contributed by atoms with E-state index in [1.54, 1.807) is 10.3 Å². The maximum Gasteiger partial charge on any atom is 0.415 e. The van der Waals surface area contributed by atoms with Gasteiger partial charge in [-0.1, -0.05) is 17.7 Å². The Morgan fingerprint density at radius 1 is 1.25 bits per heavy atom. The fourth-order valence-corrected chi connectivity index (χ4v) is 5.46. The number of sulfonamides is 1. The van der Waals surface area contributed by atoms with Crippen molar-refractivity contribution >= 4 is 55.2 Å². The van der Waals surface area contributed by atoms with Crippen molar-refractivity contribution in [2.24, 2.45) is 0 Å². The van der Waals surface area contributed by atoms with Gasteiger partial charge in [0, 0.05) is 28.9 Å². The second-order valence-corrected chi connectivity index (χ2v) is 9.46. The summed E-state index contributed by atoms with van der Waals surface area (Å²) in [5.74, 6) is 0.163. The van der Waals surface area contributed by atoms with E-state index in [2.05, 4.69) is 14.6 Å². The Balaban J connectivity index is 1.76. The number of rotatable bonds is 4. The van der Waals surface area contributed by atoms with Crippen molar-refractivity contribution in [3.8, 4) is 5.75 Å². The van der Waals surface area contributed by atoms with Gasteiger partial charge < -0.3 is 9.64 Å². The molecule has 13 heteroatoms. The largest absolute Gasteiger partial charge is 0.489 e. The number of anilines is 3. The van der Waals surface area contributed by atoms with E-state index in [1.165, 1.54) is 24.4 Å². The van der Waals surface area contributed by atoms with Gasteiger partial charge in [-0.25, -0.2) is 18.2 Å². The molecule has 1 aromatic heterocycles. The predicted molar refractivity (Wildman–Crippen MR) is 115 cm³/mol. The van der Waals surface area contributed by atoms with Gasteiger partial charge in [-0.05, 0) is 18.2 Å². The first kappa shape index (κ1) is 22.2. The van der Waals surface area contributed by atoms with Gasteiger partial charge in [-0.15, -0.1) is 11.3 Å². The molecule has 4 rings (SSSR count). The van der Waals surface area contributed by atoms with E-state index in [4.69, 9.17) is 22.9 Å². The molecule has 0 saturated heterocycles. The Morgan fingerprint density at radius 3 is 2.69 bits per heavy atom. The number of halogens is 4. The normalized spacial score (nSPS) is 13.8. The summed E-state index contributed by atoms with van der Waals surface area (Å²) in [5.41, 5.74) is -0.580. The Kier molecular flexibility index (Phi) is 5.66. The quantitative estimate of drug-likeness (QED) is 0.465. The van der Waals surface area contributed by atoms with Crippen LogP contribution in [0.5, 0.6) is 5.75 Å². The third-order valence-corrected chi connectivity index (χ3v) is 7.16. The predicted octanol–water partition coefficient (Wildman–Crippen LogP) is 5.70. The summed E-state index contributed by atoms with van der Waals surface area (Å²) in [6.07, 6.45) is -3.14. The Morgan fingerprint density at radius 2 is 2.03 bits per heavy atom. The molecule has 0 radical (unpaired) electrons. The molecule has 1 aliphatic rings. The molecule has 0 spiro atoms. The van der Waals surface area contributed by atoms with Crippen LogP contribution in [-0.4, -0.2) is 26.6 Å². The van der Waals surface area contributed by atoms with Gasteiger partial charge in [0.05, 0.1) is 23.8 Å². The van der Waals surface area contributed by atoms with Crippen LogP contribution < -0.4 is 14.4 Å². The van der Waals surface area contributed by atoms with Crippen LogP contribution in [0.4, 0.5) is 35.4 Å². The second-order valence-electron chi connectivity index (χ2n) is 6.51. The van der Waals surface area contributed by atoms with E-state index in [9.17, 15) is 21.6 Å². The SMILES string of the molecule is [C-]#[N+]c1cc(C(F)(F)F)ccc1N1CCOc2cc(S(=O)(=O)Nc3nccs3)c(Cl)cc21. The Hall–Kier alpha value is -3.01. The van der Waals surface area contributed by atoms with E-state index in [0.717, 1.165) is 23.5 Å². The molecule has 7 nitrogen and oxygen atoms in total. The lowest BCUT2D eigenvalue weighted by molar-refractivity contribution is -0.137. The van der Waals surface area contributed by atoms with E-state index in [-0.39, 0.29) is 45.3 Å². The zero-order chi connectivity index (χ0) is 23.1. The Labute approximate surface area is 189 Å². The summed E-state index contributed by atoms with van der Waals surface area (Å²) in [6, 6.07) is 5.44. The molecule has 2 aromatic carbocycles. The van der Waals surface area contributed by atoms with Crippen LogP contribution in [0.25, 0.3) is 4.85 Å². The van der Waals surface area contributed by atoms with Crippen molar-refractivity contribution in [2.45, 2.75) is 11.1 Å². The van der Waals surface area contributed by atoms with Gasteiger partial charge >= 0.3 is 6.18 Å². The number of nitrogens with one attached hydrogen (secondary N) is 1. The van der Waals surface area contributed by atoms with Gasteiger partial charge in [-0.3, -0.25) is 4.72 Å². The minimum Gasteiger partial charge on any atom is -0.489 e. The standard InChI is InChI=1S/C19H12ClF3N4O3S2/c1-24-13-8-11(19(21,22)23)2-3-14(13)27-5-6-30-16-10-17(12(20)9-15(16)27)32(28,29)26-18-25-4-7-31-18/h2-4,7-10H,5-6H2,(H,25,26). The van der Waals surface area contributed by atoms with E-state index < -0.39 is 21.8 Å². The molecular formula is C19H12ClF3N4O3S2. The zero-order valence-electron chi connectivity index (χ0n) is 15.9. The van der Waals surface area contributed by atoms with Crippen LogP contribution in [0.2, 0.25) is 5.02 Å². The van der Waals surface area contributed by atoms with Crippen LogP contribution in [0.3, 0.4) is 0 Å². The maximum absolute atomic E-state index is 13.0. The molecule has 0 amide bonds. The molecule has 1 N–H and O–H groups in total. The lowest BCUT2D eigenvalue weighted by Crippen LogP contribution is -2.29. The van der Waals surface area contributed by atoms with E-state index in [0.29, 0.717) is 5.69 Å². The molecule has 0 saturated carbocycles. The monoisotopic (exact) mass is 500 g/mol.